The topological polar surface area (TPSA) is 46.5 Å². The van der Waals surface area contributed by atoms with Crippen molar-refractivity contribution in [3.05, 3.63) is 42.0 Å². The number of phenolic OH excluding ortho intramolecular Hbond substituents is 1. The highest BCUT2D eigenvalue weighted by Gasteiger charge is 2.05. The molecule has 0 aliphatic heterocycles. The zero-order valence-corrected chi connectivity index (χ0v) is 9.35. The molecule has 0 bridgehead atoms. The lowest BCUT2D eigenvalue weighted by molar-refractivity contribution is 0.0511. The van der Waals surface area contributed by atoms with E-state index in [9.17, 15) is 4.79 Å². The molecule has 1 rings (SSSR count). The van der Waals surface area contributed by atoms with Gasteiger partial charge in [0.25, 0.3) is 0 Å². The number of rotatable bonds is 5. The molecule has 0 saturated heterocycles. The van der Waals surface area contributed by atoms with Crippen LogP contribution in [-0.2, 0) is 4.74 Å². The van der Waals surface area contributed by atoms with Crippen molar-refractivity contribution in [3.63, 3.8) is 0 Å². The summed E-state index contributed by atoms with van der Waals surface area (Å²) in [6.07, 6.45) is 5.75. The molecule has 0 spiro atoms. The van der Waals surface area contributed by atoms with Gasteiger partial charge in [0.2, 0.25) is 0 Å². The summed E-state index contributed by atoms with van der Waals surface area (Å²) in [7, 11) is 0. The van der Waals surface area contributed by atoms with Crippen molar-refractivity contribution in [3.8, 4) is 5.75 Å². The van der Waals surface area contributed by atoms with Crippen LogP contribution in [0, 0.1) is 0 Å². The Morgan fingerprint density at radius 3 is 2.62 bits per heavy atom. The molecule has 0 fully saturated rings. The third-order valence-electron chi connectivity index (χ3n) is 2.02. The van der Waals surface area contributed by atoms with Gasteiger partial charge < -0.3 is 9.84 Å². The molecule has 0 saturated carbocycles. The van der Waals surface area contributed by atoms with Gasteiger partial charge in [-0.1, -0.05) is 19.1 Å². The molecule has 0 atom stereocenters. The Labute approximate surface area is 95.4 Å². The van der Waals surface area contributed by atoms with E-state index in [4.69, 9.17) is 9.84 Å². The number of hydrogen-bond donors (Lipinski definition) is 1. The van der Waals surface area contributed by atoms with Crippen molar-refractivity contribution in [1.82, 2.24) is 0 Å². The Kier molecular flexibility index (Phi) is 5.12. The average Bonchev–Trinajstić information content (AvgIpc) is 2.29. The summed E-state index contributed by atoms with van der Waals surface area (Å²) in [5.74, 6) is -0.215. The molecule has 1 aromatic rings. The number of hydrogen-bond acceptors (Lipinski definition) is 3. The highest BCUT2D eigenvalue weighted by molar-refractivity contribution is 5.89. The van der Waals surface area contributed by atoms with Gasteiger partial charge in [-0.2, -0.15) is 0 Å². The fourth-order valence-corrected chi connectivity index (χ4v) is 1.19. The quantitative estimate of drug-likeness (QED) is 0.471. The first kappa shape index (κ1) is 12.3. The number of aromatic hydroxyl groups is 1. The summed E-state index contributed by atoms with van der Waals surface area (Å²) >= 11 is 0. The van der Waals surface area contributed by atoms with Gasteiger partial charge in [-0.3, -0.25) is 0 Å². The number of esters is 1. The van der Waals surface area contributed by atoms with Crippen LogP contribution in [0.25, 0.3) is 0 Å². The van der Waals surface area contributed by atoms with E-state index in [-0.39, 0.29) is 11.7 Å². The number of carbonyl (C=O) groups excluding carboxylic acids is 1. The van der Waals surface area contributed by atoms with Crippen molar-refractivity contribution >= 4 is 5.97 Å². The third kappa shape index (κ3) is 4.17. The summed E-state index contributed by atoms with van der Waals surface area (Å²) in [6.45, 7) is 2.44. The largest absolute Gasteiger partial charge is 0.508 e. The maximum absolute atomic E-state index is 11.5. The lowest BCUT2D eigenvalue weighted by Crippen LogP contribution is -2.05. The molecule has 3 heteroatoms. The fraction of sp³-hybridized carbons (Fsp3) is 0.308. The summed E-state index contributed by atoms with van der Waals surface area (Å²) < 4.78 is 5.04. The second-order valence-electron chi connectivity index (χ2n) is 3.35. The van der Waals surface area contributed by atoms with Gasteiger partial charge in [0.1, 0.15) is 5.75 Å². The van der Waals surface area contributed by atoms with Crippen LogP contribution in [0.1, 0.15) is 30.1 Å². The Morgan fingerprint density at radius 1 is 1.31 bits per heavy atom. The van der Waals surface area contributed by atoms with E-state index >= 15 is 0 Å². The minimum absolute atomic E-state index is 0.141. The number of benzene rings is 1. The maximum atomic E-state index is 11.5. The molecule has 0 aliphatic rings. The Morgan fingerprint density at radius 2 is 2.00 bits per heavy atom. The van der Waals surface area contributed by atoms with Gasteiger partial charge in [-0.15, -0.1) is 0 Å². The third-order valence-corrected chi connectivity index (χ3v) is 2.02. The SMILES string of the molecule is CCC=CCCOC(=O)c1ccc(O)cc1. The molecular formula is C13H16O3. The first-order chi connectivity index (χ1) is 7.74. The second-order valence-corrected chi connectivity index (χ2v) is 3.35. The zero-order chi connectivity index (χ0) is 11.8. The minimum Gasteiger partial charge on any atom is -0.508 e. The lowest BCUT2D eigenvalue weighted by atomic mass is 10.2. The standard InChI is InChI=1S/C13H16O3/c1-2-3-4-5-10-16-13(15)11-6-8-12(14)9-7-11/h3-4,6-9,14H,2,5,10H2,1H3. The molecule has 0 unspecified atom stereocenters. The molecule has 86 valence electrons. The highest BCUT2D eigenvalue weighted by Crippen LogP contribution is 2.10. The van der Waals surface area contributed by atoms with Crippen molar-refractivity contribution < 1.29 is 14.6 Å². The molecule has 0 amide bonds. The Hall–Kier alpha value is -1.77. The molecular weight excluding hydrogens is 204 g/mol. The summed E-state index contributed by atoms with van der Waals surface area (Å²) in [5.41, 5.74) is 0.456. The van der Waals surface area contributed by atoms with Crippen LogP contribution in [0.2, 0.25) is 0 Å². The fourth-order valence-electron chi connectivity index (χ4n) is 1.19. The molecule has 0 radical (unpaired) electrons. The zero-order valence-electron chi connectivity index (χ0n) is 9.35. The van der Waals surface area contributed by atoms with Gasteiger partial charge in [-0.05, 0) is 37.1 Å². The normalized spacial score (nSPS) is 10.6. The molecule has 3 nitrogen and oxygen atoms in total. The van der Waals surface area contributed by atoms with Crippen molar-refractivity contribution in [2.45, 2.75) is 19.8 Å². The highest BCUT2D eigenvalue weighted by atomic mass is 16.5. The second kappa shape index (κ2) is 6.67. The van der Waals surface area contributed by atoms with Crippen LogP contribution in [0.5, 0.6) is 5.75 Å². The summed E-state index contributed by atoms with van der Waals surface area (Å²) in [5, 5.41) is 9.05. The van der Waals surface area contributed by atoms with Crippen LogP contribution in [0.3, 0.4) is 0 Å². The van der Waals surface area contributed by atoms with E-state index in [2.05, 4.69) is 6.92 Å². The monoisotopic (exact) mass is 220 g/mol. The predicted molar refractivity (Wildman–Crippen MR) is 62.4 cm³/mol. The van der Waals surface area contributed by atoms with Crippen LogP contribution >= 0.6 is 0 Å². The van der Waals surface area contributed by atoms with E-state index in [0.29, 0.717) is 12.2 Å². The molecule has 0 aliphatic carbocycles. The number of ether oxygens (including phenoxy) is 1. The molecule has 1 N–H and O–H groups in total. The Bertz CT molecular complexity index is 352. The first-order valence-electron chi connectivity index (χ1n) is 5.35. The molecule has 0 aromatic heterocycles. The maximum Gasteiger partial charge on any atom is 0.338 e. The van der Waals surface area contributed by atoms with Crippen molar-refractivity contribution in [1.29, 1.82) is 0 Å². The molecule has 0 heterocycles. The number of carbonyl (C=O) groups is 1. The minimum atomic E-state index is -0.357. The Balaban J connectivity index is 2.35. The van der Waals surface area contributed by atoms with Crippen molar-refractivity contribution in [2.24, 2.45) is 0 Å². The predicted octanol–water partition coefficient (Wildman–Crippen LogP) is 2.91. The molecule has 1 aromatic carbocycles. The van der Waals surface area contributed by atoms with Crippen molar-refractivity contribution in [2.75, 3.05) is 6.61 Å². The summed E-state index contributed by atoms with van der Waals surface area (Å²) in [4.78, 5) is 11.5. The van der Waals surface area contributed by atoms with Gasteiger partial charge >= 0.3 is 5.97 Å². The van der Waals surface area contributed by atoms with Gasteiger partial charge in [-0.25, -0.2) is 4.79 Å². The van der Waals surface area contributed by atoms with Crippen LogP contribution in [0.4, 0.5) is 0 Å². The van der Waals surface area contributed by atoms with Gasteiger partial charge in [0.15, 0.2) is 0 Å². The lowest BCUT2D eigenvalue weighted by Gasteiger charge is -2.02. The van der Waals surface area contributed by atoms with Crippen LogP contribution < -0.4 is 0 Å². The van der Waals surface area contributed by atoms with Gasteiger partial charge in [0.05, 0.1) is 12.2 Å². The first-order valence-corrected chi connectivity index (χ1v) is 5.35. The van der Waals surface area contributed by atoms with E-state index < -0.39 is 0 Å². The van der Waals surface area contributed by atoms with Crippen LogP contribution in [-0.4, -0.2) is 17.7 Å². The van der Waals surface area contributed by atoms with E-state index in [0.717, 1.165) is 12.8 Å². The van der Waals surface area contributed by atoms with Gasteiger partial charge in [0, 0.05) is 0 Å². The number of allylic oxidation sites excluding steroid dienone is 1. The smallest absolute Gasteiger partial charge is 0.338 e. The number of phenols is 1. The van der Waals surface area contributed by atoms with E-state index in [1.807, 2.05) is 12.2 Å². The van der Waals surface area contributed by atoms with E-state index in [1.54, 1.807) is 12.1 Å². The van der Waals surface area contributed by atoms with Crippen LogP contribution in [0.15, 0.2) is 36.4 Å². The average molecular weight is 220 g/mol. The van der Waals surface area contributed by atoms with E-state index in [1.165, 1.54) is 12.1 Å². The summed E-state index contributed by atoms with van der Waals surface area (Å²) in [6, 6.07) is 6.01. The molecule has 16 heavy (non-hydrogen) atoms.